The number of hydrogen-bond acceptors (Lipinski definition) is 7. The zero-order valence-corrected chi connectivity index (χ0v) is 20.1. The molecule has 10 heteroatoms. The molecule has 0 radical (unpaired) electrons. The highest BCUT2D eigenvalue weighted by Crippen LogP contribution is 2.16. The molecular weight excluding hydrogens is 432 g/mol. The number of aryl methyl sites for hydroxylation is 1. The third-order valence-electron chi connectivity index (χ3n) is 4.81. The van der Waals surface area contributed by atoms with E-state index in [0.717, 1.165) is 37.4 Å². The highest BCUT2D eigenvalue weighted by Gasteiger charge is 2.23. The number of carbonyl (C=O) groups is 1. The van der Waals surface area contributed by atoms with Crippen molar-refractivity contribution in [1.82, 2.24) is 25.1 Å². The second kappa shape index (κ2) is 10.3. The van der Waals surface area contributed by atoms with Crippen LogP contribution in [0, 0.1) is 6.92 Å². The molecule has 1 saturated heterocycles. The van der Waals surface area contributed by atoms with E-state index in [4.69, 9.17) is 17.0 Å². The molecule has 3 rings (SSSR count). The number of piperazine rings is 1. The molecular formula is C21H30N6O2S2. The van der Waals surface area contributed by atoms with Crippen molar-refractivity contribution in [2.75, 3.05) is 38.0 Å². The Labute approximate surface area is 193 Å². The zero-order chi connectivity index (χ0) is 22.4. The molecule has 0 spiro atoms. The van der Waals surface area contributed by atoms with E-state index in [1.54, 1.807) is 34.6 Å². The Hall–Kier alpha value is -2.30. The van der Waals surface area contributed by atoms with Crippen molar-refractivity contribution in [1.29, 1.82) is 0 Å². The fourth-order valence-corrected chi connectivity index (χ4v) is 4.35. The topological polar surface area (TPSA) is 82.6 Å². The van der Waals surface area contributed by atoms with Crippen LogP contribution in [0.3, 0.4) is 0 Å². The summed E-state index contributed by atoms with van der Waals surface area (Å²) in [5, 5.41) is 6.76. The molecule has 1 fully saturated rings. The lowest BCUT2D eigenvalue weighted by atomic mass is 10.1. The smallest absolute Gasteiger partial charge is 0.391 e. The molecule has 0 unspecified atom stereocenters. The van der Waals surface area contributed by atoms with Crippen LogP contribution < -0.4 is 15.4 Å². The molecule has 168 valence electrons. The van der Waals surface area contributed by atoms with E-state index in [9.17, 15) is 4.79 Å². The first-order chi connectivity index (χ1) is 14.7. The molecule has 2 aromatic rings. The zero-order valence-electron chi connectivity index (χ0n) is 18.5. The molecule has 8 nitrogen and oxygen atoms in total. The van der Waals surface area contributed by atoms with Gasteiger partial charge in [0.05, 0.1) is 23.1 Å². The molecule has 2 N–H and O–H groups in total. The average molecular weight is 463 g/mol. The highest BCUT2D eigenvalue weighted by molar-refractivity contribution is 7.80. The standard InChI is InChI=1S/C21H30N6O2S2/c1-15-17(31-14-23-15)7-8-26-9-11-27(12-10-26)20(28)29-18-6-5-16(13-22-18)24-19(30)25-21(2,3)4/h5-6,13-14H,7-12H2,1-4H3,(H2,24,25,30). The van der Waals surface area contributed by atoms with E-state index in [0.29, 0.717) is 18.2 Å². The number of thiocarbonyl (C=S) groups is 1. The summed E-state index contributed by atoms with van der Waals surface area (Å²) >= 11 is 6.99. The molecule has 31 heavy (non-hydrogen) atoms. The number of ether oxygens (including phenoxy) is 1. The summed E-state index contributed by atoms with van der Waals surface area (Å²) in [7, 11) is 0. The number of thiazole rings is 1. The Balaban J connectivity index is 1.41. The first-order valence-corrected chi connectivity index (χ1v) is 11.6. The maximum atomic E-state index is 12.5. The third-order valence-corrected chi connectivity index (χ3v) is 6.00. The van der Waals surface area contributed by atoms with Crippen molar-refractivity contribution in [3.63, 3.8) is 0 Å². The lowest BCUT2D eigenvalue weighted by Crippen LogP contribution is -2.49. The molecule has 0 aromatic carbocycles. The molecule has 1 aliphatic rings. The summed E-state index contributed by atoms with van der Waals surface area (Å²) in [4.78, 5) is 26.4. The average Bonchev–Trinajstić information content (AvgIpc) is 3.11. The summed E-state index contributed by atoms with van der Waals surface area (Å²) in [5.74, 6) is 0.272. The van der Waals surface area contributed by atoms with Gasteiger partial charge in [-0.2, -0.15) is 0 Å². The van der Waals surface area contributed by atoms with Gasteiger partial charge in [-0.1, -0.05) is 0 Å². The van der Waals surface area contributed by atoms with Gasteiger partial charge in [-0.25, -0.2) is 14.8 Å². The minimum atomic E-state index is -0.365. The summed E-state index contributed by atoms with van der Waals surface area (Å²) < 4.78 is 5.44. The van der Waals surface area contributed by atoms with Crippen molar-refractivity contribution in [3.8, 4) is 5.88 Å². The van der Waals surface area contributed by atoms with Crippen LogP contribution in [0.25, 0.3) is 0 Å². The van der Waals surface area contributed by atoms with Gasteiger partial charge in [0.1, 0.15) is 0 Å². The second-order valence-corrected chi connectivity index (χ2v) is 9.87. The summed E-state index contributed by atoms with van der Waals surface area (Å²) in [6.45, 7) is 12.1. The van der Waals surface area contributed by atoms with Crippen LogP contribution in [0.5, 0.6) is 5.88 Å². The van der Waals surface area contributed by atoms with Gasteiger partial charge in [-0.05, 0) is 52.4 Å². The van der Waals surface area contributed by atoms with Crippen LogP contribution >= 0.6 is 23.6 Å². The van der Waals surface area contributed by atoms with Crippen molar-refractivity contribution in [3.05, 3.63) is 34.4 Å². The van der Waals surface area contributed by atoms with E-state index < -0.39 is 0 Å². The van der Waals surface area contributed by atoms with Crippen LogP contribution in [-0.4, -0.2) is 69.2 Å². The van der Waals surface area contributed by atoms with Gasteiger partial charge in [0.25, 0.3) is 0 Å². The summed E-state index contributed by atoms with van der Waals surface area (Å²) in [5.41, 5.74) is 3.61. The molecule has 0 bridgehead atoms. The molecule has 0 saturated carbocycles. The highest BCUT2D eigenvalue weighted by atomic mass is 32.1. The van der Waals surface area contributed by atoms with E-state index >= 15 is 0 Å². The fraction of sp³-hybridized carbons (Fsp3) is 0.524. The van der Waals surface area contributed by atoms with E-state index in [-0.39, 0.29) is 17.5 Å². The van der Waals surface area contributed by atoms with Gasteiger partial charge in [0.2, 0.25) is 5.88 Å². The van der Waals surface area contributed by atoms with Crippen LogP contribution in [0.2, 0.25) is 0 Å². The Morgan fingerprint density at radius 1 is 1.23 bits per heavy atom. The van der Waals surface area contributed by atoms with Crippen molar-refractivity contribution in [2.45, 2.75) is 39.7 Å². The van der Waals surface area contributed by atoms with Gasteiger partial charge in [0.15, 0.2) is 5.11 Å². The summed E-state index contributed by atoms with van der Waals surface area (Å²) in [6, 6.07) is 3.44. The Kier molecular flexibility index (Phi) is 7.79. The molecule has 1 amide bonds. The van der Waals surface area contributed by atoms with Crippen molar-refractivity contribution in [2.24, 2.45) is 0 Å². The minimum Gasteiger partial charge on any atom is -0.391 e. The van der Waals surface area contributed by atoms with Crippen LogP contribution in [-0.2, 0) is 6.42 Å². The first-order valence-electron chi connectivity index (χ1n) is 10.3. The predicted octanol–water partition coefficient (Wildman–Crippen LogP) is 3.29. The van der Waals surface area contributed by atoms with Gasteiger partial charge in [-0.3, -0.25) is 4.90 Å². The fourth-order valence-electron chi connectivity index (χ4n) is 3.15. The number of anilines is 1. The number of carbonyl (C=O) groups excluding carboxylic acids is 1. The molecule has 0 aliphatic carbocycles. The number of pyridine rings is 1. The SMILES string of the molecule is Cc1ncsc1CCN1CCN(C(=O)Oc2ccc(NC(=S)NC(C)(C)C)cn2)CC1. The number of nitrogens with one attached hydrogen (secondary N) is 2. The predicted molar refractivity (Wildman–Crippen MR) is 128 cm³/mol. The number of hydrogen-bond donors (Lipinski definition) is 2. The maximum absolute atomic E-state index is 12.5. The molecule has 2 aromatic heterocycles. The van der Waals surface area contributed by atoms with Crippen LogP contribution in [0.4, 0.5) is 10.5 Å². The van der Waals surface area contributed by atoms with Crippen LogP contribution in [0.1, 0.15) is 31.3 Å². The van der Waals surface area contributed by atoms with Gasteiger partial charge < -0.3 is 20.3 Å². The lowest BCUT2D eigenvalue weighted by molar-refractivity contribution is 0.110. The van der Waals surface area contributed by atoms with Gasteiger partial charge in [-0.15, -0.1) is 11.3 Å². The Morgan fingerprint density at radius 3 is 2.55 bits per heavy atom. The Morgan fingerprint density at radius 2 is 1.97 bits per heavy atom. The van der Waals surface area contributed by atoms with E-state index in [1.165, 1.54) is 4.88 Å². The van der Waals surface area contributed by atoms with E-state index in [2.05, 4.69) is 25.5 Å². The minimum absolute atomic E-state index is 0.128. The quantitative estimate of drug-likeness (QED) is 0.655. The lowest BCUT2D eigenvalue weighted by Gasteiger charge is -2.33. The maximum Gasteiger partial charge on any atom is 0.416 e. The first kappa shape index (κ1) is 23.4. The number of aromatic nitrogens is 2. The molecule has 1 aliphatic heterocycles. The third kappa shape index (κ3) is 7.41. The number of amides is 1. The van der Waals surface area contributed by atoms with Crippen molar-refractivity contribution >= 4 is 40.4 Å². The molecule has 0 atom stereocenters. The van der Waals surface area contributed by atoms with E-state index in [1.807, 2.05) is 33.2 Å². The van der Waals surface area contributed by atoms with Crippen LogP contribution in [0.15, 0.2) is 23.8 Å². The number of rotatable bonds is 5. The van der Waals surface area contributed by atoms with Gasteiger partial charge >= 0.3 is 6.09 Å². The summed E-state index contributed by atoms with van der Waals surface area (Å²) in [6.07, 6.45) is 2.23. The largest absolute Gasteiger partial charge is 0.416 e. The second-order valence-electron chi connectivity index (χ2n) is 8.52. The van der Waals surface area contributed by atoms with Gasteiger partial charge in [0, 0.05) is 49.2 Å². The normalized spacial score (nSPS) is 14.9. The molecule has 3 heterocycles. The Bertz CT molecular complexity index is 886. The monoisotopic (exact) mass is 462 g/mol. The van der Waals surface area contributed by atoms with Crippen molar-refractivity contribution < 1.29 is 9.53 Å². The number of nitrogens with zero attached hydrogens (tertiary/aromatic N) is 4.